The zero-order valence-corrected chi connectivity index (χ0v) is 10.6. The largest absolute Gasteiger partial charge is 0.487 e. The highest BCUT2D eigenvalue weighted by molar-refractivity contribution is 6.51. The molecule has 0 aromatic carbocycles. The summed E-state index contributed by atoms with van der Waals surface area (Å²) >= 11 is 0. The first-order valence-electron chi connectivity index (χ1n) is 5.17. The normalized spacial score (nSPS) is 26.9. The molecule has 15 heavy (non-hydrogen) atoms. The van der Waals surface area contributed by atoms with Gasteiger partial charge < -0.3 is 14.6 Å². The maximum atomic E-state index is 5.84. The monoisotopic (exact) mass is 231 g/mol. The van der Waals surface area contributed by atoms with Crippen LogP contribution in [0.1, 0.15) is 27.7 Å². The third-order valence-corrected chi connectivity index (χ3v) is 3.35. The van der Waals surface area contributed by atoms with Crippen molar-refractivity contribution < 1.29 is 9.31 Å². The molecule has 0 unspecified atom stereocenters. The van der Waals surface area contributed by atoms with Crippen LogP contribution in [0, 0.1) is 0 Å². The highest BCUT2D eigenvalue weighted by Crippen LogP contribution is 2.37. The molecule has 2 saturated heterocycles. The van der Waals surface area contributed by atoms with Crippen LogP contribution in [0.25, 0.3) is 0 Å². The van der Waals surface area contributed by atoms with E-state index < -0.39 is 0 Å². The minimum Gasteiger partial charge on any atom is -0.400 e. The Labute approximate surface area is 98.1 Å². The lowest BCUT2D eigenvalue weighted by Crippen LogP contribution is -2.41. The van der Waals surface area contributed by atoms with Gasteiger partial charge >= 0.3 is 7.12 Å². The Morgan fingerprint density at radius 1 is 1.13 bits per heavy atom. The Kier molecular flexibility index (Phi) is 3.56. The van der Waals surface area contributed by atoms with Crippen molar-refractivity contribution >= 4 is 19.5 Å². The minimum absolute atomic E-state index is 0. The average molecular weight is 232 g/mol. The van der Waals surface area contributed by atoms with Gasteiger partial charge in [0.05, 0.1) is 11.2 Å². The zero-order chi connectivity index (χ0) is 10.4. The molecule has 0 atom stereocenters. The second-order valence-electron chi connectivity index (χ2n) is 5.05. The van der Waals surface area contributed by atoms with Gasteiger partial charge in [-0.2, -0.15) is 0 Å². The van der Waals surface area contributed by atoms with E-state index in [4.69, 9.17) is 9.31 Å². The predicted molar refractivity (Wildman–Crippen MR) is 64.3 cm³/mol. The van der Waals surface area contributed by atoms with Crippen molar-refractivity contribution in [2.24, 2.45) is 0 Å². The third kappa shape index (κ3) is 2.39. The van der Waals surface area contributed by atoms with E-state index in [1.807, 2.05) is 0 Å². The van der Waals surface area contributed by atoms with Crippen molar-refractivity contribution in [3.63, 3.8) is 0 Å². The summed E-state index contributed by atoms with van der Waals surface area (Å²) in [6, 6.07) is 0. The highest BCUT2D eigenvalue weighted by atomic mass is 35.5. The molecule has 2 aliphatic heterocycles. The molecule has 0 spiro atoms. The van der Waals surface area contributed by atoms with Gasteiger partial charge in [-0.05, 0) is 27.7 Å². The quantitative estimate of drug-likeness (QED) is 0.695. The van der Waals surface area contributed by atoms with Crippen molar-refractivity contribution in [2.75, 3.05) is 13.1 Å². The Morgan fingerprint density at radius 2 is 1.60 bits per heavy atom. The van der Waals surface area contributed by atoms with Gasteiger partial charge in [-0.3, -0.25) is 0 Å². The Bertz CT molecular complexity index is 257. The summed E-state index contributed by atoms with van der Waals surface area (Å²) in [5, 5.41) is 3.20. The molecule has 2 rings (SSSR count). The summed E-state index contributed by atoms with van der Waals surface area (Å²) in [6.45, 7) is 10.2. The van der Waals surface area contributed by atoms with Crippen LogP contribution in [0.2, 0.25) is 0 Å². The molecular weight excluding hydrogens is 212 g/mol. The van der Waals surface area contributed by atoms with Gasteiger partial charge in [-0.25, -0.2) is 0 Å². The van der Waals surface area contributed by atoms with Crippen molar-refractivity contribution in [1.82, 2.24) is 5.32 Å². The van der Waals surface area contributed by atoms with Crippen LogP contribution in [-0.2, 0) is 9.31 Å². The molecule has 2 fully saturated rings. The zero-order valence-electron chi connectivity index (χ0n) is 9.79. The number of hydrogen-bond acceptors (Lipinski definition) is 3. The maximum absolute atomic E-state index is 5.84. The van der Waals surface area contributed by atoms with Gasteiger partial charge in [0.1, 0.15) is 0 Å². The topological polar surface area (TPSA) is 30.5 Å². The smallest absolute Gasteiger partial charge is 0.400 e. The summed E-state index contributed by atoms with van der Waals surface area (Å²) in [5.41, 5.74) is 0.946. The first-order valence-corrected chi connectivity index (χ1v) is 5.17. The van der Waals surface area contributed by atoms with E-state index in [1.54, 1.807) is 0 Å². The van der Waals surface area contributed by atoms with E-state index in [1.165, 1.54) is 5.57 Å². The van der Waals surface area contributed by atoms with Crippen LogP contribution in [0.4, 0.5) is 0 Å². The van der Waals surface area contributed by atoms with Crippen LogP contribution in [0.5, 0.6) is 0 Å². The van der Waals surface area contributed by atoms with Crippen molar-refractivity contribution in [3.8, 4) is 0 Å². The molecule has 0 saturated carbocycles. The molecule has 0 radical (unpaired) electrons. The van der Waals surface area contributed by atoms with Gasteiger partial charge in [0.25, 0.3) is 0 Å². The summed E-state index contributed by atoms with van der Waals surface area (Å²) in [5.74, 6) is 2.09. The first kappa shape index (κ1) is 13.0. The molecule has 2 aliphatic rings. The van der Waals surface area contributed by atoms with Crippen LogP contribution in [-0.4, -0.2) is 31.4 Å². The number of halogens is 1. The second kappa shape index (κ2) is 4.09. The summed E-state index contributed by atoms with van der Waals surface area (Å²) < 4.78 is 11.7. The molecule has 0 amide bonds. The number of rotatable bonds is 1. The highest BCUT2D eigenvalue weighted by Gasteiger charge is 2.50. The summed E-state index contributed by atoms with van der Waals surface area (Å²) in [7, 11) is -0.169. The van der Waals surface area contributed by atoms with Gasteiger partial charge in [0, 0.05) is 13.1 Å². The maximum Gasteiger partial charge on any atom is 0.487 e. The number of nitrogens with one attached hydrogen (secondary N) is 1. The van der Waals surface area contributed by atoms with E-state index in [0.29, 0.717) is 0 Å². The van der Waals surface area contributed by atoms with Gasteiger partial charge in [-0.1, -0.05) is 11.5 Å². The lowest BCUT2D eigenvalue weighted by atomic mass is 9.85. The van der Waals surface area contributed by atoms with E-state index >= 15 is 0 Å². The molecule has 2 heterocycles. The first-order chi connectivity index (χ1) is 6.41. The molecule has 0 aliphatic carbocycles. The standard InChI is InChI=1S/C10H18BNO2.ClH/c1-9(2)10(3,4)14-11(13-9)5-8-6-12-7-8;/h5,12H,6-7H2,1-4H3;1H. The van der Waals surface area contributed by atoms with Gasteiger partial charge in [0.15, 0.2) is 0 Å². The van der Waals surface area contributed by atoms with E-state index in [0.717, 1.165) is 13.1 Å². The third-order valence-electron chi connectivity index (χ3n) is 3.35. The van der Waals surface area contributed by atoms with Crippen LogP contribution in [0.3, 0.4) is 0 Å². The lowest BCUT2D eigenvalue weighted by molar-refractivity contribution is 0.00578. The molecule has 3 nitrogen and oxygen atoms in total. The fourth-order valence-corrected chi connectivity index (χ4v) is 1.54. The Hall–Kier alpha value is -0.0251. The van der Waals surface area contributed by atoms with Crippen LogP contribution < -0.4 is 5.32 Å². The Morgan fingerprint density at radius 3 is 1.93 bits per heavy atom. The molecule has 0 bridgehead atoms. The van der Waals surface area contributed by atoms with Crippen molar-refractivity contribution in [1.29, 1.82) is 0 Å². The van der Waals surface area contributed by atoms with Gasteiger partial charge in [-0.15, -0.1) is 12.4 Å². The predicted octanol–water partition coefficient (Wildman–Crippen LogP) is 1.57. The van der Waals surface area contributed by atoms with Gasteiger partial charge in [0.2, 0.25) is 0 Å². The van der Waals surface area contributed by atoms with Crippen molar-refractivity contribution in [3.05, 3.63) is 11.5 Å². The molecular formula is C10H19BClNO2. The molecule has 5 heteroatoms. The van der Waals surface area contributed by atoms with Crippen molar-refractivity contribution in [2.45, 2.75) is 38.9 Å². The Balaban J connectivity index is 0.00000112. The fourth-order valence-electron chi connectivity index (χ4n) is 1.54. The summed E-state index contributed by atoms with van der Waals surface area (Å²) in [4.78, 5) is 0. The summed E-state index contributed by atoms with van der Waals surface area (Å²) in [6.07, 6.45) is 0. The SMILES string of the molecule is CC1(C)OB(C=C2CNC2)OC1(C)C.Cl. The molecule has 0 aromatic rings. The molecule has 1 N–H and O–H groups in total. The van der Waals surface area contributed by atoms with E-state index in [9.17, 15) is 0 Å². The van der Waals surface area contributed by atoms with E-state index in [-0.39, 0.29) is 30.7 Å². The molecule has 0 aromatic heterocycles. The minimum atomic E-state index is -0.216. The van der Waals surface area contributed by atoms with Crippen LogP contribution in [0.15, 0.2) is 11.5 Å². The lowest BCUT2D eigenvalue weighted by Gasteiger charge is -2.32. The fraction of sp³-hybridized carbons (Fsp3) is 0.800. The number of hydrogen-bond donors (Lipinski definition) is 1. The molecule has 86 valence electrons. The van der Waals surface area contributed by atoms with E-state index in [2.05, 4.69) is 39.0 Å². The van der Waals surface area contributed by atoms with Crippen LogP contribution >= 0.6 is 12.4 Å². The second-order valence-corrected chi connectivity index (χ2v) is 5.05. The average Bonchev–Trinajstić information content (AvgIpc) is 2.13.